The number of hydrogen-bond donors (Lipinski definition) is 0. The first-order valence-electron chi connectivity index (χ1n) is 4.67. The fourth-order valence-corrected chi connectivity index (χ4v) is 1.72. The van der Waals surface area contributed by atoms with E-state index in [4.69, 9.17) is 16.3 Å². The number of rotatable bonds is 1. The summed E-state index contributed by atoms with van der Waals surface area (Å²) in [6, 6.07) is 3.82. The van der Waals surface area contributed by atoms with Crippen molar-refractivity contribution < 1.29 is 4.74 Å². The van der Waals surface area contributed by atoms with Crippen molar-refractivity contribution in [2.75, 3.05) is 13.2 Å². The van der Waals surface area contributed by atoms with Crippen LogP contribution in [0.15, 0.2) is 18.2 Å². The molecule has 0 unspecified atom stereocenters. The summed E-state index contributed by atoms with van der Waals surface area (Å²) in [5.74, 6) is 0. The van der Waals surface area contributed by atoms with Gasteiger partial charge in [-0.25, -0.2) is 4.98 Å². The Hall–Kier alpha value is -0.860. The predicted octanol–water partition coefficient (Wildman–Crippen LogP) is 2.85. The third-order valence-electron chi connectivity index (χ3n) is 2.33. The third-order valence-corrected chi connectivity index (χ3v) is 2.54. The van der Waals surface area contributed by atoms with Gasteiger partial charge in [0.25, 0.3) is 0 Å². The van der Waals surface area contributed by atoms with Gasteiger partial charge in [0.2, 0.25) is 0 Å². The molecule has 0 N–H and O–H groups in total. The molecule has 0 saturated carbocycles. The molecule has 2 nitrogen and oxygen atoms in total. The van der Waals surface area contributed by atoms with Crippen LogP contribution in [0, 0.1) is 6.92 Å². The summed E-state index contributed by atoms with van der Waals surface area (Å²) in [4.78, 5) is 4.34. The van der Waals surface area contributed by atoms with Crippen LogP contribution in [0.4, 0.5) is 0 Å². The second kappa shape index (κ2) is 4.11. The minimum Gasteiger partial charge on any atom is -0.377 e. The van der Waals surface area contributed by atoms with Crippen LogP contribution in [-0.4, -0.2) is 18.2 Å². The standard InChI is InChI=1S/C11H12ClNO/c1-8-2-3-10(12)13-11(8)9-4-6-14-7-5-9/h2-4H,5-7H2,1H3. The molecule has 2 rings (SSSR count). The van der Waals surface area contributed by atoms with E-state index in [9.17, 15) is 0 Å². The molecule has 0 atom stereocenters. The van der Waals surface area contributed by atoms with Crippen molar-refractivity contribution in [2.45, 2.75) is 13.3 Å². The summed E-state index contributed by atoms with van der Waals surface area (Å²) in [5.41, 5.74) is 3.43. The quantitative estimate of drug-likeness (QED) is 0.664. The van der Waals surface area contributed by atoms with Crippen LogP contribution in [0.25, 0.3) is 5.57 Å². The van der Waals surface area contributed by atoms with Crippen LogP contribution in [-0.2, 0) is 4.74 Å². The summed E-state index contributed by atoms with van der Waals surface area (Å²) in [5, 5.41) is 0.554. The summed E-state index contributed by atoms with van der Waals surface area (Å²) >= 11 is 5.87. The lowest BCUT2D eigenvalue weighted by molar-refractivity contribution is 0.161. The van der Waals surface area contributed by atoms with Gasteiger partial charge >= 0.3 is 0 Å². The van der Waals surface area contributed by atoms with Crippen molar-refractivity contribution in [2.24, 2.45) is 0 Å². The third kappa shape index (κ3) is 1.97. The van der Waals surface area contributed by atoms with E-state index >= 15 is 0 Å². The maximum atomic E-state index is 5.87. The lowest BCUT2D eigenvalue weighted by Gasteiger charge is -2.14. The van der Waals surface area contributed by atoms with Crippen LogP contribution >= 0.6 is 11.6 Å². The largest absolute Gasteiger partial charge is 0.377 e. The van der Waals surface area contributed by atoms with E-state index in [0.717, 1.165) is 18.7 Å². The maximum absolute atomic E-state index is 5.87. The van der Waals surface area contributed by atoms with Gasteiger partial charge in [0.05, 0.1) is 18.9 Å². The molecule has 0 fully saturated rings. The lowest BCUT2D eigenvalue weighted by Crippen LogP contribution is -2.06. The molecule has 0 radical (unpaired) electrons. The molecule has 0 spiro atoms. The number of aromatic nitrogens is 1. The Bertz CT molecular complexity index is 374. The zero-order chi connectivity index (χ0) is 9.97. The molecule has 1 aliphatic heterocycles. The number of ether oxygens (including phenoxy) is 1. The maximum Gasteiger partial charge on any atom is 0.129 e. The summed E-state index contributed by atoms with van der Waals surface area (Å²) in [6.07, 6.45) is 3.00. The normalized spacial score (nSPS) is 16.6. The second-order valence-corrected chi connectivity index (χ2v) is 3.74. The average Bonchev–Trinajstić information content (AvgIpc) is 2.23. The zero-order valence-corrected chi connectivity index (χ0v) is 8.84. The van der Waals surface area contributed by atoms with Gasteiger partial charge in [0.15, 0.2) is 0 Å². The van der Waals surface area contributed by atoms with Crippen molar-refractivity contribution in [3.63, 3.8) is 0 Å². The number of aryl methyl sites for hydroxylation is 1. The number of pyridine rings is 1. The van der Waals surface area contributed by atoms with Gasteiger partial charge in [-0.3, -0.25) is 0 Å². The van der Waals surface area contributed by atoms with E-state index in [1.807, 2.05) is 12.1 Å². The average molecular weight is 210 g/mol. The minimum atomic E-state index is 0.554. The molecule has 0 aliphatic carbocycles. The lowest BCUT2D eigenvalue weighted by atomic mass is 10.0. The molecule has 14 heavy (non-hydrogen) atoms. The van der Waals surface area contributed by atoms with Crippen molar-refractivity contribution >= 4 is 17.2 Å². The van der Waals surface area contributed by atoms with Crippen LogP contribution in [0.1, 0.15) is 17.7 Å². The molecule has 1 aliphatic rings. The van der Waals surface area contributed by atoms with E-state index in [0.29, 0.717) is 11.8 Å². The molecule has 0 bridgehead atoms. The Morgan fingerprint density at radius 1 is 1.43 bits per heavy atom. The van der Waals surface area contributed by atoms with Crippen molar-refractivity contribution in [3.05, 3.63) is 34.6 Å². The van der Waals surface area contributed by atoms with E-state index in [1.165, 1.54) is 11.1 Å². The first-order valence-corrected chi connectivity index (χ1v) is 5.05. The minimum absolute atomic E-state index is 0.554. The number of halogens is 1. The molecule has 0 saturated heterocycles. The fraction of sp³-hybridized carbons (Fsp3) is 0.364. The highest BCUT2D eigenvalue weighted by molar-refractivity contribution is 6.29. The molecule has 0 aromatic carbocycles. The Kier molecular flexibility index (Phi) is 2.85. The van der Waals surface area contributed by atoms with Crippen molar-refractivity contribution in [1.82, 2.24) is 4.98 Å². The molecular weight excluding hydrogens is 198 g/mol. The molecule has 1 aromatic heterocycles. The summed E-state index contributed by atoms with van der Waals surface area (Å²) in [6.45, 7) is 3.51. The molecule has 2 heterocycles. The van der Waals surface area contributed by atoms with Crippen LogP contribution < -0.4 is 0 Å². The highest BCUT2D eigenvalue weighted by Gasteiger charge is 2.10. The molecule has 0 amide bonds. The topological polar surface area (TPSA) is 22.1 Å². The Morgan fingerprint density at radius 2 is 2.29 bits per heavy atom. The molecule has 74 valence electrons. The Morgan fingerprint density at radius 3 is 3.00 bits per heavy atom. The second-order valence-electron chi connectivity index (χ2n) is 3.35. The van der Waals surface area contributed by atoms with E-state index in [-0.39, 0.29) is 0 Å². The smallest absolute Gasteiger partial charge is 0.129 e. The van der Waals surface area contributed by atoms with Gasteiger partial charge in [-0.2, -0.15) is 0 Å². The monoisotopic (exact) mass is 209 g/mol. The van der Waals surface area contributed by atoms with Gasteiger partial charge in [-0.1, -0.05) is 23.7 Å². The van der Waals surface area contributed by atoms with E-state index < -0.39 is 0 Å². The molecule has 3 heteroatoms. The van der Waals surface area contributed by atoms with Gasteiger partial charge in [0.1, 0.15) is 5.15 Å². The van der Waals surface area contributed by atoms with Gasteiger partial charge in [0, 0.05) is 0 Å². The van der Waals surface area contributed by atoms with Gasteiger partial charge in [-0.05, 0) is 30.5 Å². The van der Waals surface area contributed by atoms with Gasteiger partial charge in [-0.15, -0.1) is 0 Å². The highest BCUT2D eigenvalue weighted by Crippen LogP contribution is 2.23. The van der Waals surface area contributed by atoms with E-state index in [2.05, 4.69) is 18.0 Å². The SMILES string of the molecule is Cc1ccc(Cl)nc1C1=CCOCC1. The Labute approximate surface area is 88.6 Å². The Balaban J connectivity index is 2.39. The fourth-order valence-electron chi connectivity index (χ4n) is 1.57. The predicted molar refractivity (Wildman–Crippen MR) is 57.4 cm³/mol. The van der Waals surface area contributed by atoms with E-state index in [1.54, 1.807) is 0 Å². The highest BCUT2D eigenvalue weighted by atomic mass is 35.5. The van der Waals surface area contributed by atoms with Crippen LogP contribution in [0.5, 0.6) is 0 Å². The van der Waals surface area contributed by atoms with Crippen LogP contribution in [0.2, 0.25) is 5.15 Å². The first-order chi connectivity index (χ1) is 6.77. The van der Waals surface area contributed by atoms with Crippen molar-refractivity contribution in [1.29, 1.82) is 0 Å². The summed E-state index contributed by atoms with van der Waals surface area (Å²) in [7, 11) is 0. The van der Waals surface area contributed by atoms with Gasteiger partial charge < -0.3 is 4.74 Å². The number of nitrogens with zero attached hydrogens (tertiary/aromatic N) is 1. The summed E-state index contributed by atoms with van der Waals surface area (Å²) < 4.78 is 5.25. The zero-order valence-electron chi connectivity index (χ0n) is 8.09. The molecule has 1 aromatic rings. The first kappa shape index (κ1) is 9.69. The molecular formula is C11H12ClNO. The number of hydrogen-bond acceptors (Lipinski definition) is 2. The van der Waals surface area contributed by atoms with Crippen molar-refractivity contribution in [3.8, 4) is 0 Å². The van der Waals surface area contributed by atoms with Crippen LogP contribution in [0.3, 0.4) is 0 Å².